The number of hydrogen-bond acceptors (Lipinski definition) is 4. The molecule has 2 aliphatic rings. The molecule has 0 unspecified atom stereocenters. The molecule has 0 saturated carbocycles. The Balaban J connectivity index is 1.38. The van der Waals surface area contributed by atoms with Crippen LogP contribution in [-0.2, 0) is 4.79 Å². The van der Waals surface area contributed by atoms with Gasteiger partial charge in [0.25, 0.3) is 5.91 Å². The normalized spacial score (nSPS) is 19.1. The largest absolute Gasteiger partial charge is 0.352 e. The van der Waals surface area contributed by atoms with Gasteiger partial charge in [-0.15, -0.1) is 0 Å². The van der Waals surface area contributed by atoms with Gasteiger partial charge < -0.3 is 20.0 Å². The van der Waals surface area contributed by atoms with Crippen molar-refractivity contribution >= 4 is 17.5 Å². The number of benzene rings is 1. The van der Waals surface area contributed by atoms with Gasteiger partial charge in [0.15, 0.2) is 0 Å². The Hall–Kier alpha value is -1.92. The number of piperazine rings is 1. The lowest BCUT2D eigenvalue weighted by molar-refractivity contribution is -0.117. The number of nitrogens with one attached hydrogen (secondary N) is 1. The van der Waals surface area contributed by atoms with Crippen molar-refractivity contribution in [3.8, 4) is 0 Å². The molecule has 3 rings (SSSR count). The topological polar surface area (TPSA) is 55.9 Å². The van der Waals surface area contributed by atoms with Crippen molar-refractivity contribution in [1.82, 2.24) is 15.1 Å². The van der Waals surface area contributed by atoms with Crippen molar-refractivity contribution in [2.75, 3.05) is 57.3 Å². The van der Waals surface area contributed by atoms with E-state index in [1.54, 1.807) is 17.0 Å². The maximum Gasteiger partial charge on any atom is 0.251 e. The highest BCUT2D eigenvalue weighted by Crippen LogP contribution is 2.21. The lowest BCUT2D eigenvalue weighted by atomic mass is 10.2. The zero-order chi connectivity index (χ0) is 18.4. The molecular weight excluding hydrogens is 328 g/mol. The van der Waals surface area contributed by atoms with Crippen molar-refractivity contribution in [3.63, 3.8) is 0 Å². The Bertz CT molecular complexity index is 609. The molecule has 1 aromatic rings. The second-order valence-corrected chi connectivity index (χ2v) is 7.08. The van der Waals surface area contributed by atoms with Gasteiger partial charge >= 0.3 is 0 Å². The SMILES string of the molecule is CCN1CCN(CCCNC(=O)c2ccc(N3CCCC3=O)cc2)CC1. The summed E-state index contributed by atoms with van der Waals surface area (Å²) in [4.78, 5) is 30.8. The minimum atomic E-state index is -0.0416. The average molecular weight is 358 g/mol. The molecule has 2 aliphatic heterocycles. The predicted molar refractivity (Wildman–Crippen MR) is 104 cm³/mol. The van der Waals surface area contributed by atoms with E-state index in [2.05, 4.69) is 22.0 Å². The molecular formula is C20H30N4O2. The molecule has 2 saturated heterocycles. The molecule has 2 amide bonds. The van der Waals surface area contributed by atoms with Gasteiger partial charge in [-0.25, -0.2) is 0 Å². The quantitative estimate of drug-likeness (QED) is 0.752. The van der Waals surface area contributed by atoms with E-state index in [9.17, 15) is 9.59 Å². The first-order valence-electron chi connectivity index (χ1n) is 9.80. The zero-order valence-electron chi connectivity index (χ0n) is 15.7. The monoisotopic (exact) mass is 358 g/mol. The van der Waals surface area contributed by atoms with Gasteiger partial charge in [-0.1, -0.05) is 6.92 Å². The third-order valence-electron chi connectivity index (χ3n) is 5.36. The fourth-order valence-corrected chi connectivity index (χ4v) is 3.65. The molecule has 2 fully saturated rings. The molecule has 2 heterocycles. The second kappa shape index (κ2) is 9.14. The van der Waals surface area contributed by atoms with Crippen molar-refractivity contribution in [2.24, 2.45) is 0 Å². The van der Waals surface area contributed by atoms with Crippen molar-refractivity contribution in [3.05, 3.63) is 29.8 Å². The van der Waals surface area contributed by atoms with E-state index >= 15 is 0 Å². The second-order valence-electron chi connectivity index (χ2n) is 7.08. The van der Waals surface area contributed by atoms with Gasteiger partial charge in [0.1, 0.15) is 0 Å². The minimum Gasteiger partial charge on any atom is -0.352 e. The van der Waals surface area contributed by atoms with Crippen LogP contribution in [0.25, 0.3) is 0 Å². The number of amides is 2. The summed E-state index contributed by atoms with van der Waals surface area (Å²) in [6, 6.07) is 7.34. The molecule has 0 aromatic heterocycles. The lowest BCUT2D eigenvalue weighted by Gasteiger charge is -2.33. The number of anilines is 1. The molecule has 0 aliphatic carbocycles. The van der Waals surface area contributed by atoms with Gasteiger partial charge in [0.05, 0.1) is 0 Å². The summed E-state index contributed by atoms with van der Waals surface area (Å²) >= 11 is 0. The van der Waals surface area contributed by atoms with E-state index < -0.39 is 0 Å². The van der Waals surface area contributed by atoms with E-state index in [1.807, 2.05) is 12.1 Å². The summed E-state index contributed by atoms with van der Waals surface area (Å²) in [5.74, 6) is 0.127. The first-order valence-corrected chi connectivity index (χ1v) is 9.80. The first-order chi connectivity index (χ1) is 12.7. The van der Waals surface area contributed by atoms with Crippen molar-refractivity contribution in [2.45, 2.75) is 26.2 Å². The van der Waals surface area contributed by atoms with Crippen molar-refractivity contribution < 1.29 is 9.59 Å². The van der Waals surface area contributed by atoms with Crippen LogP contribution in [0.2, 0.25) is 0 Å². The van der Waals surface area contributed by atoms with Gasteiger partial charge in [-0.05, 0) is 50.2 Å². The van der Waals surface area contributed by atoms with Crippen LogP contribution in [0.1, 0.15) is 36.5 Å². The highest BCUT2D eigenvalue weighted by atomic mass is 16.2. The van der Waals surface area contributed by atoms with Crippen molar-refractivity contribution in [1.29, 1.82) is 0 Å². The molecule has 142 valence electrons. The highest BCUT2D eigenvalue weighted by molar-refractivity contribution is 5.97. The molecule has 6 heteroatoms. The molecule has 6 nitrogen and oxygen atoms in total. The Kier molecular flexibility index (Phi) is 6.63. The Labute approximate surface area is 156 Å². The van der Waals surface area contributed by atoms with Gasteiger partial charge in [-0.2, -0.15) is 0 Å². The van der Waals surface area contributed by atoms with Crippen LogP contribution in [0.4, 0.5) is 5.69 Å². The Morgan fingerprint density at radius 3 is 2.35 bits per heavy atom. The smallest absolute Gasteiger partial charge is 0.251 e. The maximum atomic E-state index is 12.3. The highest BCUT2D eigenvalue weighted by Gasteiger charge is 2.21. The number of likely N-dealkylation sites (N-methyl/N-ethyl adjacent to an activating group) is 1. The summed E-state index contributed by atoms with van der Waals surface area (Å²) in [6.45, 7) is 10.4. The summed E-state index contributed by atoms with van der Waals surface area (Å²) in [5.41, 5.74) is 1.53. The van der Waals surface area contributed by atoms with Crippen LogP contribution in [0, 0.1) is 0 Å². The fraction of sp³-hybridized carbons (Fsp3) is 0.600. The summed E-state index contributed by atoms with van der Waals surface area (Å²) < 4.78 is 0. The molecule has 1 N–H and O–H groups in total. The van der Waals surface area contributed by atoms with Crippen LogP contribution < -0.4 is 10.2 Å². The van der Waals surface area contributed by atoms with E-state index in [0.29, 0.717) is 18.5 Å². The van der Waals surface area contributed by atoms with E-state index in [4.69, 9.17) is 0 Å². The average Bonchev–Trinajstić information content (AvgIpc) is 3.11. The van der Waals surface area contributed by atoms with E-state index in [0.717, 1.165) is 64.3 Å². The lowest BCUT2D eigenvalue weighted by Crippen LogP contribution is -2.46. The molecule has 1 aromatic carbocycles. The third-order valence-corrected chi connectivity index (χ3v) is 5.36. The molecule has 0 atom stereocenters. The van der Waals surface area contributed by atoms with Crippen LogP contribution in [0.3, 0.4) is 0 Å². The molecule has 26 heavy (non-hydrogen) atoms. The van der Waals surface area contributed by atoms with Crippen LogP contribution >= 0.6 is 0 Å². The fourth-order valence-electron chi connectivity index (χ4n) is 3.65. The summed E-state index contributed by atoms with van der Waals surface area (Å²) in [7, 11) is 0. The van der Waals surface area contributed by atoms with Gasteiger partial charge in [0, 0.05) is 56.9 Å². The maximum absolute atomic E-state index is 12.3. The summed E-state index contributed by atoms with van der Waals surface area (Å²) in [5, 5.41) is 3.00. The number of hydrogen-bond donors (Lipinski definition) is 1. The Morgan fingerprint density at radius 2 is 1.73 bits per heavy atom. The zero-order valence-corrected chi connectivity index (χ0v) is 15.7. The molecule has 0 radical (unpaired) electrons. The minimum absolute atomic E-state index is 0.0416. The van der Waals surface area contributed by atoms with Crippen LogP contribution in [-0.4, -0.2) is 74.0 Å². The Morgan fingerprint density at radius 1 is 1.04 bits per heavy atom. The van der Waals surface area contributed by atoms with E-state index in [1.165, 1.54) is 0 Å². The van der Waals surface area contributed by atoms with E-state index in [-0.39, 0.29) is 11.8 Å². The number of nitrogens with zero attached hydrogens (tertiary/aromatic N) is 3. The molecule has 0 spiro atoms. The number of carbonyl (C=O) groups is 2. The summed E-state index contributed by atoms with van der Waals surface area (Å²) in [6.07, 6.45) is 2.50. The van der Waals surface area contributed by atoms with Gasteiger partial charge in [-0.3, -0.25) is 9.59 Å². The predicted octanol–water partition coefficient (Wildman–Crippen LogP) is 1.57. The standard InChI is InChI=1S/C20H30N4O2/c1-2-22-13-15-23(16-14-22)11-4-10-21-20(26)17-6-8-18(9-7-17)24-12-3-5-19(24)25/h6-9H,2-5,10-16H2,1H3,(H,21,26). The third kappa shape index (κ3) is 4.83. The number of rotatable bonds is 7. The van der Waals surface area contributed by atoms with Crippen LogP contribution in [0.5, 0.6) is 0 Å². The van der Waals surface area contributed by atoms with Crippen LogP contribution in [0.15, 0.2) is 24.3 Å². The first kappa shape index (κ1) is 18.9. The van der Waals surface area contributed by atoms with Gasteiger partial charge in [0.2, 0.25) is 5.91 Å². The number of carbonyl (C=O) groups excluding carboxylic acids is 2. The molecule has 0 bridgehead atoms.